The van der Waals surface area contributed by atoms with Gasteiger partial charge in [0.15, 0.2) is 0 Å². The number of hydrogen-bond donors (Lipinski definition) is 1. The third kappa shape index (κ3) is 4.38. The van der Waals surface area contributed by atoms with E-state index in [1.807, 2.05) is 30.3 Å². The number of rotatable bonds is 5. The third-order valence-electron chi connectivity index (χ3n) is 4.95. The van der Waals surface area contributed by atoms with Gasteiger partial charge in [-0.3, -0.25) is 4.99 Å². The van der Waals surface area contributed by atoms with E-state index in [9.17, 15) is 9.90 Å². The van der Waals surface area contributed by atoms with E-state index in [4.69, 9.17) is 9.15 Å². The molecule has 0 atom stereocenters. The van der Waals surface area contributed by atoms with Crippen LogP contribution in [0.1, 0.15) is 21.7 Å². The van der Waals surface area contributed by atoms with Crippen LogP contribution >= 0.6 is 0 Å². The highest BCUT2D eigenvalue weighted by Crippen LogP contribution is 2.25. The standard InChI is InChI=1S/C23H22N2O4/c1-16-2-3-17(14-21(16)23(26)27)22-9-8-20(29-22)15-24-18-4-6-19(7-5-18)25-10-12-28-13-11-25/h2-9,14-15H,10-13H2,1H3,(H,26,27). The first-order chi connectivity index (χ1) is 14.1. The Morgan fingerprint density at radius 2 is 1.83 bits per heavy atom. The van der Waals surface area contributed by atoms with Gasteiger partial charge in [-0.25, -0.2) is 4.79 Å². The van der Waals surface area contributed by atoms with Gasteiger partial charge in [0.25, 0.3) is 0 Å². The van der Waals surface area contributed by atoms with Gasteiger partial charge in [0.05, 0.1) is 30.7 Å². The number of aryl methyl sites for hydroxylation is 1. The van der Waals surface area contributed by atoms with Crippen molar-refractivity contribution >= 4 is 23.6 Å². The van der Waals surface area contributed by atoms with Crippen LogP contribution in [0.25, 0.3) is 11.3 Å². The third-order valence-corrected chi connectivity index (χ3v) is 4.95. The first-order valence-corrected chi connectivity index (χ1v) is 9.51. The highest BCUT2D eigenvalue weighted by atomic mass is 16.5. The molecule has 1 aliphatic heterocycles. The predicted octanol–water partition coefficient (Wildman–Crippen LogP) is 4.54. The molecule has 0 saturated carbocycles. The van der Waals surface area contributed by atoms with Gasteiger partial charge in [-0.1, -0.05) is 12.1 Å². The van der Waals surface area contributed by atoms with Crippen molar-refractivity contribution in [3.05, 3.63) is 71.5 Å². The zero-order valence-electron chi connectivity index (χ0n) is 16.2. The maximum Gasteiger partial charge on any atom is 0.335 e. The van der Waals surface area contributed by atoms with Crippen molar-refractivity contribution in [2.45, 2.75) is 6.92 Å². The van der Waals surface area contributed by atoms with E-state index in [-0.39, 0.29) is 5.56 Å². The smallest absolute Gasteiger partial charge is 0.335 e. The van der Waals surface area contributed by atoms with E-state index in [1.54, 1.807) is 25.3 Å². The fraction of sp³-hybridized carbons (Fsp3) is 0.217. The van der Waals surface area contributed by atoms with Crippen molar-refractivity contribution in [2.75, 3.05) is 31.2 Å². The van der Waals surface area contributed by atoms with E-state index in [1.165, 1.54) is 5.69 Å². The van der Waals surface area contributed by atoms with E-state index in [2.05, 4.69) is 22.0 Å². The topological polar surface area (TPSA) is 75.3 Å². The van der Waals surface area contributed by atoms with E-state index >= 15 is 0 Å². The molecule has 0 unspecified atom stereocenters. The highest BCUT2D eigenvalue weighted by Gasteiger charge is 2.12. The molecule has 29 heavy (non-hydrogen) atoms. The van der Waals surface area contributed by atoms with Crippen molar-refractivity contribution < 1.29 is 19.1 Å². The monoisotopic (exact) mass is 390 g/mol. The Balaban J connectivity index is 1.47. The number of carboxylic acid groups (broad SMARTS) is 1. The molecule has 0 radical (unpaired) electrons. The molecule has 1 aliphatic rings. The fourth-order valence-corrected chi connectivity index (χ4v) is 3.29. The molecule has 2 heterocycles. The van der Waals surface area contributed by atoms with Crippen LogP contribution in [0.4, 0.5) is 11.4 Å². The summed E-state index contributed by atoms with van der Waals surface area (Å²) in [5, 5.41) is 9.29. The number of anilines is 1. The molecular weight excluding hydrogens is 368 g/mol. The molecule has 1 fully saturated rings. The van der Waals surface area contributed by atoms with Crippen molar-refractivity contribution in [3.63, 3.8) is 0 Å². The molecule has 0 bridgehead atoms. The van der Waals surface area contributed by atoms with Crippen LogP contribution in [0.2, 0.25) is 0 Å². The van der Waals surface area contributed by atoms with Crippen molar-refractivity contribution in [2.24, 2.45) is 4.99 Å². The summed E-state index contributed by atoms with van der Waals surface area (Å²) in [6.07, 6.45) is 1.67. The van der Waals surface area contributed by atoms with Crippen LogP contribution in [0.5, 0.6) is 0 Å². The van der Waals surface area contributed by atoms with Gasteiger partial charge >= 0.3 is 5.97 Å². The minimum atomic E-state index is -0.946. The van der Waals surface area contributed by atoms with Crippen LogP contribution in [-0.2, 0) is 4.74 Å². The summed E-state index contributed by atoms with van der Waals surface area (Å²) >= 11 is 0. The number of carboxylic acids is 1. The number of ether oxygens (including phenoxy) is 1. The first kappa shape index (κ1) is 19.0. The number of nitrogens with zero attached hydrogens (tertiary/aromatic N) is 2. The molecule has 0 aliphatic carbocycles. The Morgan fingerprint density at radius 1 is 1.07 bits per heavy atom. The number of benzene rings is 2. The number of furan rings is 1. The Hall–Kier alpha value is -3.38. The first-order valence-electron chi connectivity index (χ1n) is 9.51. The molecule has 0 spiro atoms. The average Bonchev–Trinajstić information content (AvgIpc) is 3.22. The molecule has 1 N–H and O–H groups in total. The Bertz CT molecular complexity index is 1030. The average molecular weight is 390 g/mol. The SMILES string of the molecule is Cc1ccc(-c2ccc(C=Nc3ccc(N4CCOCC4)cc3)o2)cc1C(=O)O. The van der Waals surface area contributed by atoms with Gasteiger partial charge in [-0.05, 0) is 55.0 Å². The Labute approximate surface area is 169 Å². The number of aliphatic imine (C=N–C) groups is 1. The summed E-state index contributed by atoms with van der Waals surface area (Å²) in [6, 6.07) is 17.0. The lowest BCUT2D eigenvalue weighted by atomic mass is 10.0. The fourth-order valence-electron chi connectivity index (χ4n) is 3.29. The normalized spacial score (nSPS) is 14.4. The van der Waals surface area contributed by atoms with Crippen molar-refractivity contribution in [1.82, 2.24) is 0 Å². The van der Waals surface area contributed by atoms with Crippen LogP contribution in [0, 0.1) is 6.92 Å². The minimum absolute atomic E-state index is 0.273. The van der Waals surface area contributed by atoms with E-state index in [0.717, 1.165) is 43.1 Å². The zero-order valence-corrected chi connectivity index (χ0v) is 16.2. The van der Waals surface area contributed by atoms with Crippen LogP contribution in [0.3, 0.4) is 0 Å². The molecule has 2 aromatic carbocycles. The molecule has 6 nitrogen and oxygen atoms in total. The largest absolute Gasteiger partial charge is 0.478 e. The van der Waals surface area contributed by atoms with Gasteiger partial charge in [-0.15, -0.1) is 0 Å². The number of morpholine rings is 1. The number of aromatic carboxylic acids is 1. The number of hydrogen-bond acceptors (Lipinski definition) is 5. The molecule has 3 aromatic rings. The zero-order chi connectivity index (χ0) is 20.2. The Morgan fingerprint density at radius 3 is 2.55 bits per heavy atom. The van der Waals surface area contributed by atoms with Gasteiger partial charge in [0.2, 0.25) is 0 Å². The van der Waals surface area contributed by atoms with Gasteiger partial charge in [0, 0.05) is 24.3 Å². The lowest BCUT2D eigenvalue weighted by Gasteiger charge is -2.28. The lowest BCUT2D eigenvalue weighted by molar-refractivity contribution is 0.0696. The molecule has 6 heteroatoms. The maximum atomic E-state index is 11.3. The second-order valence-electron chi connectivity index (χ2n) is 6.91. The molecule has 1 aromatic heterocycles. The molecule has 1 saturated heterocycles. The van der Waals surface area contributed by atoms with Crippen LogP contribution in [-0.4, -0.2) is 43.6 Å². The molecular formula is C23H22N2O4. The van der Waals surface area contributed by atoms with Gasteiger partial charge in [-0.2, -0.15) is 0 Å². The molecule has 4 rings (SSSR count). The summed E-state index contributed by atoms with van der Waals surface area (Å²) in [4.78, 5) is 18.1. The summed E-state index contributed by atoms with van der Waals surface area (Å²) in [7, 11) is 0. The maximum absolute atomic E-state index is 11.3. The molecule has 0 amide bonds. The van der Waals surface area contributed by atoms with Gasteiger partial charge in [0.1, 0.15) is 11.5 Å². The lowest BCUT2D eigenvalue weighted by Crippen LogP contribution is -2.36. The second-order valence-corrected chi connectivity index (χ2v) is 6.91. The van der Waals surface area contributed by atoms with E-state index < -0.39 is 5.97 Å². The highest BCUT2D eigenvalue weighted by molar-refractivity contribution is 5.91. The van der Waals surface area contributed by atoms with Crippen molar-refractivity contribution in [3.8, 4) is 11.3 Å². The predicted molar refractivity (Wildman–Crippen MR) is 113 cm³/mol. The van der Waals surface area contributed by atoms with Crippen molar-refractivity contribution in [1.29, 1.82) is 0 Å². The summed E-state index contributed by atoms with van der Waals surface area (Å²) < 4.78 is 11.2. The summed E-state index contributed by atoms with van der Waals surface area (Å²) in [6.45, 7) is 5.10. The Kier molecular flexibility index (Phi) is 5.44. The number of carbonyl (C=O) groups is 1. The van der Waals surface area contributed by atoms with Crippen LogP contribution < -0.4 is 4.90 Å². The summed E-state index contributed by atoms with van der Waals surface area (Å²) in [5.74, 6) is 0.268. The minimum Gasteiger partial charge on any atom is -0.478 e. The second kappa shape index (κ2) is 8.32. The van der Waals surface area contributed by atoms with Gasteiger partial charge < -0.3 is 19.2 Å². The van der Waals surface area contributed by atoms with E-state index in [0.29, 0.717) is 11.5 Å². The quantitative estimate of drug-likeness (QED) is 0.648. The molecule has 148 valence electrons. The summed E-state index contributed by atoms with van der Waals surface area (Å²) in [5.41, 5.74) is 3.72. The van der Waals surface area contributed by atoms with Crippen LogP contribution in [0.15, 0.2) is 64.0 Å².